The fourth-order valence-corrected chi connectivity index (χ4v) is 3.31. The topological polar surface area (TPSA) is 96.7 Å². The fourth-order valence-electron chi connectivity index (χ4n) is 3.31. The van der Waals surface area contributed by atoms with Crippen molar-refractivity contribution in [2.45, 2.75) is 13.0 Å². The van der Waals surface area contributed by atoms with E-state index in [4.69, 9.17) is 0 Å². The van der Waals surface area contributed by atoms with Crippen molar-refractivity contribution in [3.8, 4) is 0 Å². The Morgan fingerprint density at radius 1 is 1.03 bits per heavy atom. The summed E-state index contributed by atoms with van der Waals surface area (Å²) in [7, 11) is 1.49. The van der Waals surface area contributed by atoms with Crippen LogP contribution < -0.4 is 10.9 Å². The molecule has 146 valence electrons. The number of benzene rings is 2. The molecule has 1 N–H and O–H groups in total. The Morgan fingerprint density at radius 3 is 2.45 bits per heavy atom. The highest BCUT2D eigenvalue weighted by Gasteiger charge is 2.23. The normalized spacial score (nSPS) is 13.4. The number of nitrogens with one attached hydrogen (secondary N) is 1. The molecular weight excluding hydrogens is 370 g/mol. The summed E-state index contributed by atoms with van der Waals surface area (Å²) in [6.45, 7) is 0.146. The Morgan fingerprint density at radius 2 is 1.72 bits per heavy atom. The van der Waals surface area contributed by atoms with E-state index in [0.29, 0.717) is 23.7 Å². The molecule has 8 nitrogen and oxygen atoms in total. The summed E-state index contributed by atoms with van der Waals surface area (Å²) in [5.41, 5.74) is 1.47. The average molecular weight is 389 g/mol. The second-order valence-corrected chi connectivity index (χ2v) is 6.62. The van der Waals surface area contributed by atoms with Crippen molar-refractivity contribution in [3.63, 3.8) is 0 Å². The van der Waals surface area contributed by atoms with Crippen molar-refractivity contribution in [2.24, 2.45) is 5.10 Å². The molecule has 0 atom stereocenters. The van der Waals surface area contributed by atoms with Gasteiger partial charge in [0.2, 0.25) is 0 Å². The molecule has 1 aliphatic rings. The first-order chi connectivity index (χ1) is 14.1. The molecule has 0 radical (unpaired) electrons. The van der Waals surface area contributed by atoms with Crippen molar-refractivity contribution >= 4 is 28.3 Å². The van der Waals surface area contributed by atoms with Crippen molar-refractivity contribution in [1.82, 2.24) is 20.1 Å². The van der Waals surface area contributed by atoms with E-state index in [9.17, 15) is 14.4 Å². The van der Waals surface area contributed by atoms with E-state index < -0.39 is 11.5 Å². The van der Waals surface area contributed by atoms with Crippen LogP contribution in [0.5, 0.6) is 0 Å². The Hall–Kier alpha value is -3.81. The summed E-state index contributed by atoms with van der Waals surface area (Å²) in [4.78, 5) is 37.8. The Balaban J connectivity index is 1.65. The number of rotatable bonds is 4. The van der Waals surface area contributed by atoms with Gasteiger partial charge in [0.15, 0.2) is 5.69 Å². The molecule has 2 heterocycles. The lowest BCUT2D eigenvalue weighted by molar-refractivity contribution is -0.131. The maximum absolute atomic E-state index is 12.8. The van der Waals surface area contributed by atoms with E-state index in [0.717, 1.165) is 16.0 Å². The summed E-state index contributed by atoms with van der Waals surface area (Å²) >= 11 is 0. The van der Waals surface area contributed by atoms with Crippen molar-refractivity contribution in [3.05, 3.63) is 76.2 Å². The van der Waals surface area contributed by atoms with Gasteiger partial charge in [-0.2, -0.15) is 10.2 Å². The highest BCUT2D eigenvalue weighted by molar-refractivity contribution is 6.05. The number of carbonyl (C=O) groups is 2. The van der Waals surface area contributed by atoms with Crippen LogP contribution in [0.25, 0.3) is 10.8 Å². The largest absolute Gasteiger partial charge is 0.354 e. The van der Waals surface area contributed by atoms with E-state index in [2.05, 4.69) is 15.5 Å². The highest BCUT2D eigenvalue weighted by Crippen LogP contribution is 2.15. The predicted molar refractivity (Wildman–Crippen MR) is 109 cm³/mol. The molecule has 2 amide bonds. The predicted octanol–water partition coefficient (Wildman–Crippen LogP) is 1.39. The van der Waals surface area contributed by atoms with Crippen LogP contribution in [0.3, 0.4) is 0 Å². The molecule has 0 unspecified atom stereocenters. The Kier molecular flexibility index (Phi) is 4.90. The number of nitrogens with zero attached hydrogens (tertiary/aromatic N) is 4. The van der Waals surface area contributed by atoms with Gasteiger partial charge in [0.1, 0.15) is 6.54 Å². The molecule has 1 aliphatic heterocycles. The van der Waals surface area contributed by atoms with E-state index in [1.54, 1.807) is 24.3 Å². The third kappa shape index (κ3) is 3.52. The van der Waals surface area contributed by atoms with E-state index >= 15 is 0 Å². The van der Waals surface area contributed by atoms with Crippen molar-refractivity contribution in [2.75, 3.05) is 13.6 Å². The zero-order chi connectivity index (χ0) is 20.4. The minimum atomic E-state index is -0.423. The molecule has 1 aromatic heterocycles. The number of hydrogen-bond acceptors (Lipinski definition) is 5. The summed E-state index contributed by atoms with van der Waals surface area (Å²) in [5.74, 6) is -0.781. The molecule has 29 heavy (non-hydrogen) atoms. The maximum atomic E-state index is 12.8. The zero-order valence-electron chi connectivity index (χ0n) is 15.8. The lowest BCUT2D eigenvalue weighted by atomic mass is 10.1. The molecule has 4 rings (SSSR count). The first-order valence-electron chi connectivity index (χ1n) is 9.23. The standard InChI is InChI=1S/C21H19N5O3/c1-22-20(28)19-15-9-5-6-10-16(15)21(29)26(24-19)13-18(27)25-12-11-17(23-25)14-7-3-2-4-8-14/h2-10H,11-13H2,1H3,(H,22,28). The third-order valence-electron chi connectivity index (χ3n) is 4.79. The molecule has 0 saturated heterocycles. The number of hydrogen-bond donors (Lipinski definition) is 1. The van der Waals surface area contributed by atoms with Gasteiger partial charge < -0.3 is 5.32 Å². The van der Waals surface area contributed by atoms with E-state index in [1.165, 1.54) is 12.1 Å². The van der Waals surface area contributed by atoms with Crippen molar-refractivity contribution in [1.29, 1.82) is 0 Å². The number of aromatic nitrogens is 2. The van der Waals surface area contributed by atoms with Gasteiger partial charge >= 0.3 is 0 Å². The number of hydrazone groups is 1. The maximum Gasteiger partial charge on any atom is 0.275 e. The average Bonchev–Trinajstić information content (AvgIpc) is 3.26. The van der Waals surface area contributed by atoms with Gasteiger partial charge in [-0.1, -0.05) is 48.5 Å². The van der Waals surface area contributed by atoms with Gasteiger partial charge in [0.05, 0.1) is 17.6 Å². The summed E-state index contributed by atoms with van der Waals surface area (Å²) in [6.07, 6.45) is 0.638. The highest BCUT2D eigenvalue weighted by atomic mass is 16.2. The van der Waals surface area contributed by atoms with Crippen LogP contribution in [0.4, 0.5) is 0 Å². The Bertz CT molecular complexity index is 1180. The molecule has 0 fully saturated rings. The lowest BCUT2D eigenvalue weighted by Gasteiger charge is -2.13. The van der Waals surface area contributed by atoms with Crippen LogP contribution in [0, 0.1) is 0 Å². The monoisotopic (exact) mass is 389 g/mol. The van der Waals surface area contributed by atoms with Gasteiger partial charge in [-0.3, -0.25) is 14.4 Å². The first-order valence-corrected chi connectivity index (χ1v) is 9.23. The van der Waals surface area contributed by atoms with Crippen LogP contribution in [0.2, 0.25) is 0 Å². The third-order valence-corrected chi connectivity index (χ3v) is 4.79. The quantitative estimate of drug-likeness (QED) is 0.729. The second-order valence-electron chi connectivity index (χ2n) is 6.62. The lowest BCUT2D eigenvalue weighted by Crippen LogP contribution is -2.35. The summed E-state index contributed by atoms with van der Waals surface area (Å²) in [6, 6.07) is 16.4. The van der Waals surface area contributed by atoms with Gasteiger partial charge in [0, 0.05) is 18.9 Å². The smallest absolute Gasteiger partial charge is 0.275 e. The van der Waals surface area contributed by atoms with Crippen molar-refractivity contribution < 1.29 is 9.59 Å². The van der Waals surface area contributed by atoms with Gasteiger partial charge in [-0.15, -0.1) is 0 Å². The van der Waals surface area contributed by atoms with E-state index in [1.807, 2.05) is 30.3 Å². The number of carbonyl (C=O) groups excluding carboxylic acids is 2. The van der Waals surface area contributed by atoms with Crippen LogP contribution in [0.1, 0.15) is 22.5 Å². The van der Waals surface area contributed by atoms with Crippen LogP contribution in [-0.4, -0.2) is 45.9 Å². The minimum Gasteiger partial charge on any atom is -0.354 e. The SMILES string of the molecule is CNC(=O)c1nn(CC(=O)N2CCC(c3ccccc3)=N2)c(=O)c2ccccc12. The van der Waals surface area contributed by atoms with Gasteiger partial charge in [-0.25, -0.2) is 9.69 Å². The second kappa shape index (κ2) is 7.67. The van der Waals surface area contributed by atoms with Gasteiger partial charge in [-0.05, 0) is 11.6 Å². The molecule has 0 aliphatic carbocycles. The molecule has 2 aromatic carbocycles. The van der Waals surface area contributed by atoms with Crippen LogP contribution >= 0.6 is 0 Å². The fraction of sp³-hybridized carbons (Fsp3) is 0.190. The summed E-state index contributed by atoms with van der Waals surface area (Å²) < 4.78 is 1.03. The molecule has 0 bridgehead atoms. The number of amides is 2. The molecule has 3 aromatic rings. The number of fused-ring (bicyclic) bond motifs is 1. The zero-order valence-corrected chi connectivity index (χ0v) is 15.8. The van der Waals surface area contributed by atoms with Crippen LogP contribution in [-0.2, 0) is 11.3 Å². The molecule has 8 heteroatoms. The molecule has 0 saturated carbocycles. The Labute approximate surface area is 166 Å². The molecular formula is C21H19N5O3. The minimum absolute atomic E-state index is 0.102. The van der Waals surface area contributed by atoms with Crippen LogP contribution in [0.15, 0.2) is 64.5 Å². The molecule has 0 spiro atoms. The summed E-state index contributed by atoms with van der Waals surface area (Å²) in [5, 5.41) is 13.2. The first kappa shape index (κ1) is 18.5. The van der Waals surface area contributed by atoms with Gasteiger partial charge in [0.25, 0.3) is 17.4 Å². The van der Waals surface area contributed by atoms with E-state index in [-0.39, 0.29) is 18.1 Å².